The van der Waals surface area contributed by atoms with Crippen molar-refractivity contribution in [2.45, 2.75) is 33.9 Å². The molecule has 0 radical (unpaired) electrons. The van der Waals surface area contributed by atoms with Gasteiger partial charge in [0.2, 0.25) is 0 Å². The molecule has 1 atom stereocenters. The molecule has 1 N–H and O–H groups in total. The molecular formula is C20H24N4O3. The number of hydrogen-bond acceptors (Lipinski definition) is 4. The highest BCUT2D eigenvalue weighted by molar-refractivity contribution is 5.91. The summed E-state index contributed by atoms with van der Waals surface area (Å²) in [6.45, 7) is 7.60. The van der Waals surface area contributed by atoms with Crippen LogP contribution in [-0.2, 0) is 13.1 Å². The van der Waals surface area contributed by atoms with E-state index < -0.39 is 0 Å². The number of rotatable bonds is 7. The Morgan fingerprint density at radius 2 is 2.07 bits per heavy atom. The van der Waals surface area contributed by atoms with E-state index in [4.69, 9.17) is 4.42 Å². The Morgan fingerprint density at radius 3 is 2.78 bits per heavy atom. The van der Waals surface area contributed by atoms with Crippen LogP contribution in [0.1, 0.15) is 34.6 Å². The van der Waals surface area contributed by atoms with Crippen LogP contribution in [0.15, 0.2) is 51.8 Å². The monoisotopic (exact) mass is 368 g/mol. The SMILES string of the molecule is Cc1cc(C)n(CC(C)CNC(=O)c2ccc(Cn3ccccc3=O)o2)n1. The van der Waals surface area contributed by atoms with E-state index >= 15 is 0 Å². The largest absolute Gasteiger partial charge is 0.454 e. The van der Waals surface area contributed by atoms with Crippen molar-refractivity contribution in [1.29, 1.82) is 0 Å². The zero-order valence-corrected chi connectivity index (χ0v) is 15.8. The van der Waals surface area contributed by atoms with E-state index in [1.165, 1.54) is 10.6 Å². The van der Waals surface area contributed by atoms with Gasteiger partial charge in [-0.2, -0.15) is 5.10 Å². The van der Waals surface area contributed by atoms with E-state index in [-0.39, 0.29) is 23.1 Å². The number of amides is 1. The van der Waals surface area contributed by atoms with Gasteiger partial charge in [-0.3, -0.25) is 14.3 Å². The van der Waals surface area contributed by atoms with Gasteiger partial charge in [-0.15, -0.1) is 0 Å². The van der Waals surface area contributed by atoms with Crippen molar-refractivity contribution in [2.24, 2.45) is 5.92 Å². The normalized spacial score (nSPS) is 12.1. The van der Waals surface area contributed by atoms with E-state index in [9.17, 15) is 9.59 Å². The molecule has 1 unspecified atom stereocenters. The number of carbonyl (C=O) groups is 1. The first kappa shape index (κ1) is 18.7. The number of furan rings is 1. The first-order valence-corrected chi connectivity index (χ1v) is 8.96. The molecule has 0 aromatic carbocycles. The summed E-state index contributed by atoms with van der Waals surface area (Å²) in [5.41, 5.74) is 1.99. The van der Waals surface area contributed by atoms with Gasteiger partial charge in [-0.1, -0.05) is 13.0 Å². The van der Waals surface area contributed by atoms with Gasteiger partial charge in [0.15, 0.2) is 5.76 Å². The molecule has 0 saturated heterocycles. The zero-order chi connectivity index (χ0) is 19.4. The Kier molecular flexibility index (Phi) is 5.59. The summed E-state index contributed by atoms with van der Waals surface area (Å²) in [6, 6.07) is 10.3. The Morgan fingerprint density at radius 1 is 1.26 bits per heavy atom. The van der Waals surface area contributed by atoms with Crippen LogP contribution >= 0.6 is 0 Å². The van der Waals surface area contributed by atoms with Gasteiger partial charge in [0.25, 0.3) is 11.5 Å². The molecule has 0 fully saturated rings. The molecule has 0 saturated carbocycles. The summed E-state index contributed by atoms with van der Waals surface area (Å²) >= 11 is 0. The molecule has 0 aliphatic heterocycles. The van der Waals surface area contributed by atoms with Crippen molar-refractivity contribution < 1.29 is 9.21 Å². The fourth-order valence-corrected chi connectivity index (χ4v) is 2.92. The maximum absolute atomic E-state index is 12.3. The summed E-state index contributed by atoms with van der Waals surface area (Å²) in [7, 11) is 0. The van der Waals surface area contributed by atoms with E-state index in [0.717, 1.165) is 17.9 Å². The second-order valence-corrected chi connectivity index (χ2v) is 6.86. The predicted molar refractivity (Wildman–Crippen MR) is 102 cm³/mol. The van der Waals surface area contributed by atoms with Crippen LogP contribution in [0.2, 0.25) is 0 Å². The summed E-state index contributed by atoms with van der Waals surface area (Å²) in [4.78, 5) is 24.1. The average Bonchev–Trinajstić information content (AvgIpc) is 3.21. The maximum atomic E-state index is 12.3. The van der Waals surface area contributed by atoms with Crippen LogP contribution in [0.5, 0.6) is 0 Å². The van der Waals surface area contributed by atoms with Crippen molar-refractivity contribution in [3.63, 3.8) is 0 Å². The standard InChI is InChI=1S/C20H24N4O3/c1-14(12-24-16(3)10-15(2)22-24)11-21-20(26)18-8-7-17(27-18)13-23-9-5-4-6-19(23)25/h4-10,14H,11-13H2,1-3H3,(H,21,26). The number of pyridine rings is 1. The smallest absolute Gasteiger partial charge is 0.287 e. The highest BCUT2D eigenvalue weighted by Crippen LogP contribution is 2.10. The molecule has 3 aromatic rings. The molecule has 7 nitrogen and oxygen atoms in total. The van der Waals surface area contributed by atoms with Gasteiger partial charge in [0.05, 0.1) is 12.2 Å². The van der Waals surface area contributed by atoms with Crippen LogP contribution in [0.4, 0.5) is 0 Å². The minimum Gasteiger partial charge on any atom is -0.454 e. The second kappa shape index (κ2) is 8.07. The number of nitrogens with one attached hydrogen (secondary N) is 1. The molecule has 0 aliphatic rings. The summed E-state index contributed by atoms with van der Waals surface area (Å²) in [6.07, 6.45) is 1.69. The van der Waals surface area contributed by atoms with Crippen LogP contribution in [0, 0.1) is 19.8 Å². The molecule has 3 aromatic heterocycles. The average molecular weight is 368 g/mol. The third-order valence-corrected chi connectivity index (χ3v) is 4.31. The van der Waals surface area contributed by atoms with Crippen molar-refractivity contribution in [3.8, 4) is 0 Å². The molecule has 0 aliphatic carbocycles. The van der Waals surface area contributed by atoms with Gasteiger partial charge >= 0.3 is 0 Å². The van der Waals surface area contributed by atoms with Crippen molar-refractivity contribution in [3.05, 3.63) is 75.9 Å². The maximum Gasteiger partial charge on any atom is 0.287 e. The fraction of sp³-hybridized carbons (Fsp3) is 0.350. The highest BCUT2D eigenvalue weighted by atomic mass is 16.4. The van der Waals surface area contributed by atoms with E-state index in [1.54, 1.807) is 30.5 Å². The topological polar surface area (TPSA) is 82.1 Å². The minimum atomic E-state index is -0.262. The van der Waals surface area contributed by atoms with E-state index in [0.29, 0.717) is 18.8 Å². The van der Waals surface area contributed by atoms with Crippen LogP contribution in [-0.4, -0.2) is 26.8 Å². The molecular weight excluding hydrogens is 344 g/mol. The molecule has 0 bridgehead atoms. The molecule has 7 heteroatoms. The summed E-state index contributed by atoms with van der Waals surface area (Å²) in [5, 5.41) is 7.33. The lowest BCUT2D eigenvalue weighted by molar-refractivity contribution is 0.0916. The van der Waals surface area contributed by atoms with Gasteiger partial charge in [0.1, 0.15) is 5.76 Å². The fourth-order valence-electron chi connectivity index (χ4n) is 2.92. The number of hydrogen-bond donors (Lipinski definition) is 1. The van der Waals surface area contributed by atoms with Crippen LogP contribution < -0.4 is 10.9 Å². The molecule has 3 heterocycles. The summed E-state index contributed by atoms with van der Waals surface area (Å²) in [5.74, 6) is 0.766. The third-order valence-electron chi connectivity index (χ3n) is 4.31. The third kappa shape index (κ3) is 4.75. The van der Waals surface area contributed by atoms with Crippen LogP contribution in [0.3, 0.4) is 0 Å². The van der Waals surface area contributed by atoms with Gasteiger partial charge in [0, 0.05) is 31.0 Å². The van der Waals surface area contributed by atoms with Gasteiger partial charge in [-0.05, 0) is 44.0 Å². The molecule has 27 heavy (non-hydrogen) atoms. The Labute approximate surface area is 157 Å². The molecule has 0 spiro atoms. The lowest BCUT2D eigenvalue weighted by Gasteiger charge is -2.13. The first-order chi connectivity index (χ1) is 12.9. The van der Waals surface area contributed by atoms with Gasteiger partial charge in [-0.25, -0.2) is 0 Å². The zero-order valence-electron chi connectivity index (χ0n) is 15.8. The Bertz CT molecular complexity index is 983. The molecule has 1 amide bonds. The Balaban J connectivity index is 1.54. The predicted octanol–water partition coefficient (Wildman–Crippen LogP) is 2.37. The minimum absolute atomic E-state index is 0.113. The van der Waals surface area contributed by atoms with E-state index in [2.05, 4.69) is 17.3 Å². The van der Waals surface area contributed by atoms with Gasteiger partial charge < -0.3 is 14.3 Å². The van der Waals surface area contributed by atoms with Crippen molar-refractivity contribution >= 4 is 5.91 Å². The lowest BCUT2D eigenvalue weighted by atomic mass is 10.2. The quantitative estimate of drug-likeness (QED) is 0.694. The number of aryl methyl sites for hydroxylation is 2. The van der Waals surface area contributed by atoms with Crippen molar-refractivity contribution in [1.82, 2.24) is 19.7 Å². The molecule has 142 valence electrons. The highest BCUT2D eigenvalue weighted by Gasteiger charge is 2.14. The number of nitrogens with zero attached hydrogens (tertiary/aromatic N) is 3. The van der Waals surface area contributed by atoms with E-state index in [1.807, 2.05) is 24.6 Å². The van der Waals surface area contributed by atoms with Crippen molar-refractivity contribution in [2.75, 3.05) is 6.54 Å². The summed E-state index contributed by atoms with van der Waals surface area (Å²) < 4.78 is 9.07. The molecule has 3 rings (SSSR count). The van der Waals surface area contributed by atoms with Crippen LogP contribution in [0.25, 0.3) is 0 Å². The number of aromatic nitrogens is 3. The first-order valence-electron chi connectivity index (χ1n) is 8.96. The second-order valence-electron chi connectivity index (χ2n) is 6.86. The number of carbonyl (C=O) groups excluding carboxylic acids is 1. The lowest BCUT2D eigenvalue weighted by Crippen LogP contribution is -2.30. The Hall–Kier alpha value is -3.09.